The molecule has 0 unspecified atom stereocenters. The van der Waals surface area contributed by atoms with E-state index >= 15 is 0 Å². The van der Waals surface area contributed by atoms with Crippen molar-refractivity contribution in [1.82, 2.24) is 0 Å². The van der Waals surface area contributed by atoms with Gasteiger partial charge < -0.3 is 10.1 Å². The Bertz CT molecular complexity index is 442. The molecule has 19 heavy (non-hydrogen) atoms. The summed E-state index contributed by atoms with van der Waals surface area (Å²) in [7, 11) is 0. The molecule has 0 bridgehead atoms. The fourth-order valence-electron chi connectivity index (χ4n) is 2.49. The monoisotopic (exact) mass is 281 g/mol. The molecule has 104 valence electrons. The molecule has 1 amide bonds. The van der Waals surface area contributed by atoms with Gasteiger partial charge in [0, 0.05) is 17.2 Å². The molecular formula is C15H20ClNO2. The SMILES string of the molecule is CCOc1ccc(NC(=O)C2CCCC2)cc1CCl. The first-order chi connectivity index (χ1) is 9.24. The molecule has 1 fully saturated rings. The van der Waals surface area contributed by atoms with Crippen LogP contribution in [0.1, 0.15) is 38.2 Å². The topological polar surface area (TPSA) is 38.3 Å². The van der Waals surface area contributed by atoms with Crippen LogP contribution in [0, 0.1) is 5.92 Å². The van der Waals surface area contributed by atoms with Crippen LogP contribution < -0.4 is 10.1 Å². The maximum Gasteiger partial charge on any atom is 0.227 e. The first kappa shape index (κ1) is 14.2. The summed E-state index contributed by atoms with van der Waals surface area (Å²) in [4.78, 5) is 12.0. The molecule has 0 radical (unpaired) electrons. The molecule has 0 atom stereocenters. The Kier molecular flexibility index (Phi) is 5.08. The number of benzene rings is 1. The van der Waals surface area contributed by atoms with Crippen molar-refractivity contribution in [1.29, 1.82) is 0 Å². The number of rotatable bonds is 5. The van der Waals surface area contributed by atoms with E-state index in [2.05, 4.69) is 5.32 Å². The van der Waals surface area contributed by atoms with Gasteiger partial charge >= 0.3 is 0 Å². The van der Waals surface area contributed by atoms with Gasteiger partial charge in [-0.1, -0.05) is 12.8 Å². The summed E-state index contributed by atoms with van der Waals surface area (Å²) in [6, 6.07) is 5.63. The van der Waals surface area contributed by atoms with Crippen molar-refractivity contribution in [2.45, 2.75) is 38.5 Å². The van der Waals surface area contributed by atoms with Gasteiger partial charge in [-0.15, -0.1) is 11.6 Å². The standard InChI is InChI=1S/C15H20ClNO2/c1-2-19-14-8-7-13(9-12(14)10-16)17-15(18)11-5-3-4-6-11/h7-9,11H,2-6,10H2,1H3,(H,17,18). The summed E-state index contributed by atoms with van der Waals surface area (Å²) >= 11 is 5.91. The summed E-state index contributed by atoms with van der Waals surface area (Å²) in [6.07, 6.45) is 4.33. The zero-order chi connectivity index (χ0) is 13.7. The average molecular weight is 282 g/mol. The van der Waals surface area contributed by atoms with E-state index in [9.17, 15) is 4.79 Å². The lowest BCUT2D eigenvalue weighted by Crippen LogP contribution is -2.20. The second-order valence-electron chi connectivity index (χ2n) is 4.86. The Morgan fingerprint density at radius 3 is 2.79 bits per heavy atom. The van der Waals surface area contributed by atoms with Crippen molar-refractivity contribution in [2.75, 3.05) is 11.9 Å². The Balaban J connectivity index is 2.05. The van der Waals surface area contributed by atoms with Crippen LogP contribution in [0.2, 0.25) is 0 Å². The van der Waals surface area contributed by atoms with Gasteiger partial charge in [-0.05, 0) is 38.0 Å². The van der Waals surface area contributed by atoms with Crippen molar-refractivity contribution < 1.29 is 9.53 Å². The summed E-state index contributed by atoms with van der Waals surface area (Å²) in [5.41, 5.74) is 1.71. The highest BCUT2D eigenvalue weighted by atomic mass is 35.5. The maximum absolute atomic E-state index is 12.0. The first-order valence-electron chi connectivity index (χ1n) is 6.87. The number of hydrogen-bond acceptors (Lipinski definition) is 2. The first-order valence-corrected chi connectivity index (χ1v) is 7.40. The lowest BCUT2D eigenvalue weighted by atomic mass is 10.1. The summed E-state index contributed by atoms with van der Waals surface area (Å²) in [5.74, 6) is 1.47. The van der Waals surface area contributed by atoms with Gasteiger partial charge in [-0.25, -0.2) is 0 Å². The third kappa shape index (κ3) is 3.63. The highest BCUT2D eigenvalue weighted by Gasteiger charge is 2.22. The van der Waals surface area contributed by atoms with Crippen molar-refractivity contribution in [2.24, 2.45) is 5.92 Å². The molecule has 0 heterocycles. The number of amides is 1. The molecular weight excluding hydrogens is 262 g/mol. The molecule has 4 heteroatoms. The van der Waals surface area contributed by atoms with Crippen molar-refractivity contribution in [3.8, 4) is 5.75 Å². The fourth-order valence-corrected chi connectivity index (χ4v) is 2.70. The molecule has 0 spiro atoms. The van der Waals surface area contributed by atoms with Crippen LogP contribution in [0.4, 0.5) is 5.69 Å². The second-order valence-corrected chi connectivity index (χ2v) is 5.13. The van der Waals surface area contributed by atoms with E-state index in [1.165, 1.54) is 0 Å². The van der Waals surface area contributed by atoms with Crippen LogP contribution >= 0.6 is 11.6 Å². The number of ether oxygens (including phenoxy) is 1. The minimum absolute atomic E-state index is 0.127. The average Bonchev–Trinajstić information content (AvgIpc) is 2.94. The van der Waals surface area contributed by atoms with Crippen LogP contribution in [0.3, 0.4) is 0 Å². The Morgan fingerprint density at radius 2 is 2.16 bits per heavy atom. The van der Waals surface area contributed by atoms with Crippen LogP contribution in [0.25, 0.3) is 0 Å². The number of alkyl halides is 1. The summed E-state index contributed by atoms with van der Waals surface area (Å²) < 4.78 is 5.49. The van der Waals surface area contributed by atoms with Crippen LogP contribution in [0.5, 0.6) is 5.75 Å². The molecule has 1 aliphatic rings. The predicted octanol–water partition coefficient (Wildman–Crippen LogP) is 3.95. The number of carbonyl (C=O) groups is 1. The van der Waals surface area contributed by atoms with Crippen molar-refractivity contribution in [3.63, 3.8) is 0 Å². The third-order valence-electron chi connectivity index (χ3n) is 3.50. The minimum atomic E-state index is 0.127. The highest BCUT2D eigenvalue weighted by Crippen LogP contribution is 2.28. The predicted molar refractivity (Wildman–Crippen MR) is 77.8 cm³/mol. The Hall–Kier alpha value is -1.22. The van der Waals surface area contributed by atoms with Crippen LogP contribution in [-0.2, 0) is 10.7 Å². The van der Waals surface area contributed by atoms with Crippen molar-refractivity contribution in [3.05, 3.63) is 23.8 Å². The lowest BCUT2D eigenvalue weighted by Gasteiger charge is -2.13. The molecule has 2 rings (SSSR count). The largest absolute Gasteiger partial charge is 0.494 e. The minimum Gasteiger partial charge on any atom is -0.494 e. The highest BCUT2D eigenvalue weighted by molar-refractivity contribution is 6.17. The second kappa shape index (κ2) is 6.80. The van der Waals surface area contributed by atoms with Crippen molar-refractivity contribution >= 4 is 23.2 Å². The Labute approximate surface area is 119 Å². The molecule has 1 aromatic carbocycles. The van der Waals surface area contributed by atoms with Gasteiger partial charge in [-0.2, -0.15) is 0 Å². The van der Waals surface area contributed by atoms with E-state index in [4.69, 9.17) is 16.3 Å². The number of hydrogen-bond donors (Lipinski definition) is 1. The van der Waals surface area contributed by atoms with E-state index < -0.39 is 0 Å². The molecule has 0 saturated heterocycles. The Morgan fingerprint density at radius 1 is 1.42 bits per heavy atom. The quantitative estimate of drug-likeness (QED) is 0.830. The molecule has 1 aromatic rings. The molecule has 3 nitrogen and oxygen atoms in total. The number of anilines is 1. The molecule has 1 aliphatic carbocycles. The van der Waals surface area contributed by atoms with Gasteiger partial charge in [0.15, 0.2) is 0 Å². The van der Waals surface area contributed by atoms with Crippen LogP contribution in [-0.4, -0.2) is 12.5 Å². The van der Waals surface area contributed by atoms with Gasteiger partial charge in [-0.3, -0.25) is 4.79 Å². The van der Waals surface area contributed by atoms with Gasteiger partial charge in [0.1, 0.15) is 5.75 Å². The van der Waals surface area contributed by atoms with E-state index in [0.717, 1.165) is 42.7 Å². The van der Waals surface area contributed by atoms with E-state index in [1.807, 2.05) is 25.1 Å². The van der Waals surface area contributed by atoms with Gasteiger partial charge in [0.2, 0.25) is 5.91 Å². The number of nitrogens with one attached hydrogen (secondary N) is 1. The molecule has 1 saturated carbocycles. The summed E-state index contributed by atoms with van der Waals surface area (Å²) in [6.45, 7) is 2.55. The van der Waals surface area contributed by atoms with Gasteiger partial charge in [0.25, 0.3) is 0 Å². The van der Waals surface area contributed by atoms with Gasteiger partial charge in [0.05, 0.1) is 12.5 Å². The zero-order valence-electron chi connectivity index (χ0n) is 11.2. The lowest BCUT2D eigenvalue weighted by molar-refractivity contribution is -0.119. The van der Waals surface area contributed by atoms with E-state index in [1.54, 1.807) is 0 Å². The zero-order valence-corrected chi connectivity index (χ0v) is 12.0. The third-order valence-corrected chi connectivity index (χ3v) is 3.79. The molecule has 1 N–H and O–H groups in total. The van der Waals surface area contributed by atoms with E-state index in [-0.39, 0.29) is 11.8 Å². The maximum atomic E-state index is 12.0. The number of carbonyl (C=O) groups excluding carboxylic acids is 1. The molecule has 0 aliphatic heterocycles. The smallest absolute Gasteiger partial charge is 0.227 e. The number of halogens is 1. The summed E-state index contributed by atoms with van der Waals surface area (Å²) in [5, 5.41) is 2.97. The van der Waals surface area contributed by atoms with E-state index in [0.29, 0.717) is 12.5 Å². The normalized spacial score (nSPS) is 15.5. The molecule has 0 aromatic heterocycles. The van der Waals surface area contributed by atoms with Crippen LogP contribution in [0.15, 0.2) is 18.2 Å². The fraction of sp³-hybridized carbons (Fsp3) is 0.533.